The van der Waals surface area contributed by atoms with Crippen molar-refractivity contribution in [2.75, 3.05) is 18.4 Å². The van der Waals surface area contributed by atoms with E-state index in [-0.39, 0.29) is 29.6 Å². The number of halogens is 2. The highest BCUT2D eigenvalue weighted by molar-refractivity contribution is 6.36. The molecule has 0 aliphatic rings. The predicted octanol–water partition coefficient (Wildman–Crippen LogP) is 3.09. The van der Waals surface area contributed by atoms with Gasteiger partial charge in [-0.25, -0.2) is 0 Å². The largest absolute Gasteiger partial charge is 0.345 e. The smallest absolute Gasteiger partial charge is 0.253 e. The van der Waals surface area contributed by atoms with E-state index in [1.165, 1.54) is 18.2 Å². The summed E-state index contributed by atoms with van der Waals surface area (Å²) in [5.74, 6) is -1.36. The molecule has 0 aliphatic carbocycles. The minimum Gasteiger partial charge on any atom is -0.345 e. The maximum atomic E-state index is 12.0. The van der Waals surface area contributed by atoms with Gasteiger partial charge in [0.2, 0.25) is 11.8 Å². The number of carbonyl (C=O) groups is 3. The molecule has 0 atom stereocenters. The SMILES string of the molecule is Cc1ccc(C)c(NC(=O)CNC(=O)CNC(=O)c2ccc(Cl)cc2Cl)c1. The van der Waals surface area contributed by atoms with Crippen LogP contribution in [0.1, 0.15) is 21.5 Å². The van der Waals surface area contributed by atoms with Crippen molar-refractivity contribution in [2.24, 2.45) is 0 Å². The molecule has 0 saturated carbocycles. The van der Waals surface area contributed by atoms with Crippen molar-refractivity contribution >= 4 is 46.6 Å². The molecule has 3 amide bonds. The van der Waals surface area contributed by atoms with Gasteiger partial charge in [-0.15, -0.1) is 0 Å². The normalized spacial score (nSPS) is 10.2. The monoisotopic (exact) mass is 407 g/mol. The van der Waals surface area contributed by atoms with Gasteiger partial charge in [0.15, 0.2) is 0 Å². The molecule has 6 nitrogen and oxygen atoms in total. The molecule has 0 bridgehead atoms. The quantitative estimate of drug-likeness (QED) is 0.687. The number of aryl methyl sites for hydroxylation is 2. The number of benzene rings is 2. The number of nitrogens with one attached hydrogen (secondary N) is 3. The predicted molar refractivity (Wildman–Crippen MR) is 106 cm³/mol. The summed E-state index contributed by atoms with van der Waals surface area (Å²) in [7, 11) is 0. The summed E-state index contributed by atoms with van der Waals surface area (Å²) in [6.45, 7) is 3.32. The third kappa shape index (κ3) is 6.27. The number of rotatable bonds is 6. The van der Waals surface area contributed by atoms with Gasteiger partial charge in [-0.2, -0.15) is 0 Å². The summed E-state index contributed by atoms with van der Waals surface area (Å²) < 4.78 is 0. The van der Waals surface area contributed by atoms with Crippen molar-refractivity contribution in [3.05, 3.63) is 63.1 Å². The zero-order valence-electron chi connectivity index (χ0n) is 14.9. The number of amides is 3. The van der Waals surface area contributed by atoms with Crippen LogP contribution in [0.2, 0.25) is 10.0 Å². The number of carbonyl (C=O) groups excluding carboxylic acids is 3. The molecule has 3 N–H and O–H groups in total. The van der Waals surface area contributed by atoms with Crippen LogP contribution in [-0.4, -0.2) is 30.8 Å². The number of anilines is 1. The molecule has 0 heterocycles. The van der Waals surface area contributed by atoms with Gasteiger partial charge in [0, 0.05) is 10.7 Å². The molecule has 8 heteroatoms. The molecule has 0 fully saturated rings. The third-order valence-corrected chi connectivity index (χ3v) is 4.25. The second-order valence-electron chi connectivity index (χ2n) is 5.95. The summed E-state index contributed by atoms with van der Waals surface area (Å²) in [4.78, 5) is 35.8. The lowest BCUT2D eigenvalue weighted by atomic mass is 10.1. The van der Waals surface area contributed by atoms with Gasteiger partial charge in [0.1, 0.15) is 0 Å². The van der Waals surface area contributed by atoms with Crippen molar-refractivity contribution in [2.45, 2.75) is 13.8 Å². The molecule has 2 aromatic carbocycles. The van der Waals surface area contributed by atoms with Crippen LogP contribution in [0.5, 0.6) is 0 Å². The second-order valence-corrected chi connectivity index (χ2v) is 6.79. The Kier molecular flexibility index (Phi) is 7.21. The first-order valence-corrected chi connectivity index (χ1v) is 8.89. The van der Waals surface area contributed by atoms with E-state index in [2.05, 4.69) is 16.0 Å². The Morgan fingerprint density at radius 2 is 1.59 bits per heavy atom. The molecular formula is C19H19Cl2N3O3. The van der Waals surface area contributed by atoms with E-state index in [0.29, 0.717) is 10.7 Å². The zero-order valence-corrected chi connectivity index (χ0v) is 16.4. The number of hydrogen-bond donors (Lipinski definition) is 3. The van der Waals surface area contributed by atoms with E-state index in [9.17, 15) is 14.4 Å². The van der Waals surface area contributed by atoms with Crippen LogP contribution < -0.4 is 16.0 Å². The zero-order chi connectivity index (χ0) is 20.0. The summed E-state index contributed by atoms with van der Waals surface area (Å²) in [6, 6.07) is 10.1. The van der Waals surface area contributed by atoms with Gasteiger partial charge < -0.3 is 16.0 Å². The maximum Gasteiger partial charge on any atom is 0.253 e. The van der Waals surface area contributed by atoms with Crippen molar-refractivity contribution in [3.8, 4) is 0 Å². The van der Waals surface area contributed by atoms with Crippen LogP contribution in [0.4, 0.5) is 5.69 Å². The molecule has 0 radical (unpaired) electrons. The summed E-state index contributed by atoms with van der Waals surface area (Å²) in [5.41, 5.74) is 2.84. The van der Waals surface area contributed by atoms with Crippen molar-refractivity contribution in [3.63, 3.8) is 0 Å². The van der Waals surface area contributed by atoms with Gasteiger partial charge in [-0.3, -0.25) is 14.4 Å². The molecule has 0 spiro atoms. The fraction of sp³-hybridized carbons (Fsp3) is 0.211. The van der Waals surface area contributed by atoms with Crippen molar-refractivity contribution in [1.29, 1.82) is 0 Å². The van der Waals surface area contributed by atoms with Crippen molar-refractivity contribution in [1.82, 2.24) is 10.6 Å². The average Bonchev–Trinajstić information content (AvgIpc) is 2.61. The Labute approximate surface area is 167 Å². The van der Waals surface area contributed by atoms with Gasteiger partial charge in [-0.1, -0.05) is 35.3 Å². The van der Waals surface area contributed by atoms with Crippen LogP contribution >= 0.6 is 23.2 Å². The Balaban J connectivity index is 1.79. The Bertz CT molecular complexity index is 884. The molecular weight excluding hydrogens is 389 g/mol. The Morgan fingerprint density at radius 3 is 2.30 bits per heavy atom. The van der Waals surface area contributed by atoms with Gasteiger partial charge in [0.25, 0.3) is 5.91 Å². The second kappa shape index (κ2) is 9.39. The summed E-state index contributed by atoms with van der Waals surface area (Å²) >= 11 is 11.7. The first-order chi connectivity index (χ1) is 12.8. The molecule has 2 rings (SSSR count). The van der Waals surface area contributed by atoms with E-state index in [4.69, 9.17) is 23.2 Å². The van der Waals surface area contributed by atoms with Crippen LogP contribution in [0.25, 0.3) is 0 Å². The van der Waals surface area contributed by atoms with Crippen LogP contribution in [-0.2, 0) is 9.59 Å². The fourth-order valence-corrected chi connectivity index (χ4v) is 2.73. The minimum absolute atomic E-state index is 0.188. The molecule has 27 heavy (non-hydrogen) atoms. The number of hydrogen-bond acceptors (Lipinski definition) is 3. The highest BCUT2D eigenvalue weighted by Gasteiger charge is 2.13. The Hall–Kier alpha value is -2.57. The van der Waals surface area contributed by atoms with Crippen LogP contribution in [0, 0.1) is 13.8 Å². The first kappa shape index (κ1) is 20.7. The molecule has 0 saturated heterocycles. The highest BCUT2D eigenvalue weighted by Crippen LogP contribution is 2.20. The lowest BCUT2D eigenvalue weighted by Gasteiger charge is -2.11. The van der Waals surface area contributed by atoms with Gasteiger partial charge >= 0.3 is 0 Å². The van der Waals surface area contributed by atoms with E-state index in [0.717, 1.165) is 11.1 Å². The van der Waals surface area contributed by atoms with E-state index >= 15 is 0 Å². The third-order valence-electron chi connectivity index (χ3n) is 3.70. The lowest BCUT2D eigenvalue weighted by molar-refractivity contribution is -0.123. The lowest BCUT2D eigenvalue weighted by Crippen LogP contribution is -2.40. The van der Waals surface area contributed by atoms with Gasteiger partial charge in [-0.05, 0) is 49.2 Å². The highest BCUT2D eigenvalue weighted by atomic mass is 35.5. The summed E-state index contributed by atoms with van der Waals surface area (Å²) in [6.07, 6.45) is 0. The molecule has 2 aromatic rings. The summed E-state index contributed by atoms with van der Waals surface area (Å²) in [5, 5.41) is 8.22. The standard InChI is InChI=1S/C19H19Cl2N3O3/c1-11-3-4-12(2)16(7-11)24-18(26)10-22-17(25)9-23-19(27)14-6-5-13(20)8-15(14)21/h3-8H,9-10H2,1-2H3,(H,22,25)(H,23,27)(H,24,26). The van der Waals surface area contributed by atoms with E-state index in [1.54, 1.807) is 0 Å². The molecule has 0 unspecified atom stereocenters. The minimum atomic E-state index is -0.508. The van der Waals surface area contributed by atoms with E-state index in [1.807, 2.05) is 32.0 Å². The van der Waals surface area contributed by atoms with E-state index < -0.39 is 11.8 Å². The van der Waals surface area contributed by atoms with Crippen molar-refractivity contribution < 1.29 is 14.4 Å². The van der Waals surface area contributed by atoms with Crippen LogP contribution in [0.3, 0.4) is 0 Å². The molecule has 0 aromatic heterocycles. The molecule has 0 aliphatic heterocycles. The Morgan fingerprint density at radius 1 is 0.889 bits per heavy atom. The topological polar surface area (TPSA) is 87.3 Å². The van der Waals surface area contributed by atoms with Gasteiger partial charge in [0.05, 0.1) is 23.7 Å². The average molecular weight is 408 g/mol. The first-order valence-electron chi connectivity index (χ1n) is 8.13. The fourth-order valence-electron chi connectivity index (χ4n) is 2.24. The van der Waals surface area contributed by atoms with Crippen LogP contribution in [0.15, 0.2) is 36.4 Å². The molecule has 142 valence electrons. The maximum absolute atomic E-state index is 12.0.